The van der Waals surface area contributed by atoms with Gasteiger partial charge in [0.05, 0.1) is 11.5 Å². The molecule has 6 heteroatoms. The van der Waals surface area contributed by atoms with E-state index < -0.39 is 17.5 Å². The molecule has 2 aromatic rings. The largest absolute Gasteiger partial charge is 0.481 e. The number of nitrogens with zero attached hydrogens (tertiary/aromatic N) is 2. The topological polar surface area (TPSA) is 90.6 Å². The monoisotopic (exact) mass is 390 g/mol. The number of hydrogen-bond acceptors (Lipinski definition) is 4. The zero-order valence-electron chi connectivity index (χ0n) is 16.0. The highest BCUT2D eigenvalue weighted by Crippen LogP contribution is 2.44. The number of nitriles is 1. The molecule has 1 aliphatic carbocycles. The molecule has 0 radical (unpaired) electrons. The molecular weight excluding hydrogens is 368 g/mol. The number of carboxylic acid groups (broad SMARTS) is 1. The Morgan fingerprint density at radius 1 is 1.14 bits per heavy atom. The molecule has 1 saturated heterocycles. The van der Waals surface area contributed by atoms with Crippen LogP contribution in [0, 0.1) is 16.7 Å². The number of hydrogen-bond donors (Lipinski definition) is 1. The maximum absolute atomic E-state index is 12.6. The summed E-state index contributed by atoms with van der Waals surface area (Å²) in [5.74, 6) is -0.944. The molecule has 0 spiro atoms. The van der Waals surface area contributed by atoms with Gasteiger partial charge in [0.2, 0.25) is 0 Å². The van der Waals surface area contributed by atoms with Crippen molar-refractivity contribution in [1.29, 1.82) is 5.26 Å². The average molecular weight is 390 g/mol. The molecule has 0 saturated carbocycles. The molecule has 6 nitrogen and oxygen atoms in total. The molecular formula is C23H22N2O4. The summed E-state index contributed by atoms with van der Waals surface area (Å²) in [6.45, 7) is 0.856. The van der Waals surface area contributed by atoms with Crippen molar-refractivity contribution < 1.29 is 19.4 Å². The lowest BCUT2D eigenvalue weighted by Gasteiger charge is -2.22. The summed E-state index contributed by atoms with van der Waals surface area (Å²) >= 11 is 0. The molecule has 1 amide bonds. The van der Waals surface area contributed by atoms with Gasteiger partial charge in [0, 0.05) is 25.4 Å². The SMILES string of the molecule is N#CC1(CCC(=O)O)CCN(C(=O)OCC2c3ccccc3-c3ccccc32)C1. The van der Waals surface area contributed by atoms with Crippen molar-refractivity contribution >= 4 is 12.1 Å². The molecule has 148 valence electrons. The number of carboxylic acids is 1. The minimum atomic E-state index is -0.931. The van der Waals surface area contributed by atoms with Crippen LogP contribution in [0.4, 0.5) is 4.79 Å². The van der Waals surface area contributed by atoms with Gasteiger partial charge in [-0.05, 0) is 35.1 Å². The highest BCUT2D eigenvalue weighted by Gasteiger charge is 2.41. The Morgan fingerprint density at radius 3 is 2.34 bits per heavy atom. The Balaban J connectivity index is 1.43. The van der Waals surface area contributed by atoms with E-state index in [2.05, 4.69) is 30.3 Å². The lowest BCUT2D eigenvalue weighted by Crippen LogP contribution is -2.33. The number of carbonyl (C=O) groups is 2. The van der Waals surface area contributed by atoms with Crippen LogP contribution in [0.1, 0.15) is 36.3 Å². The van der Waals surface area contributed by atoms with Gasteiger partial charge in [0.1, 0.15) is 6.61 Å². The molecule has 1 heterocycles. The summed E-state index contributed by atoms with van der Waals surface area (Å²) in [5, 5.41) is 18.4. The van der Waals surface area contributed by atoms with Gasteiger partial charge in [-0.2, -0.15) is 5.26 Å². The zero-order valence-corrected chi connectivity index (χ0v) is 16.0. The Labute approximate surface area is 169 Å². The van der Waals surface area contributed by atoms with Gasteiger partial charge >= 0.3 is 12.1 Å². The number of aliphatic carboxylic acids is 1. The summed E-state index contributed by atoms with van der Waals surface area (Å²) in [4.78, 5) is 25.0. The van der Waals surface area contributed by atoms with E-state index in [4.69, 9.17) is 9.84 Å². The number of ether oxygens (including phenoxy) is 1. The number of carbonyl (C=O) groups excluding carboxylic acids is 1. The number of amides is 1. The smallest absolute Gasteiger partial charge is 0.409 e. The van der Waals surface area contributed by atoms with Gasteiger partial charge in [0.15, 0.2) is 0 Å². The molecule has 4 rings (SSSR count). The summed E-state index contributed by atoms with van der Waals surface area (Å²) < 4.78 is 5.65. The second-order valence-electron chi connectivity index (χ2n) is 7.76. The third kappa shape index (κ3) is 3.56. The number of rotatable bonds is 5. The van der Waals surface area contributed by atoms with Crippen molar-refractivity contribution in [2.24, 2.45) is 5.41 Å². The number of likely N-dealkylation sites (tertiary alicyclic amines) is 1. The van der Waals surface area contributed by atoms with Crippen LogP contribution in [0.2, 0.25) is 0 Å². The molecule has 1 aliphatic heterocycles. The first-order valence-corrected chi connectivity index (χ1v) is 9.76. The normalized spacial score (nSPS) is 20.0. The Hall–Kier alpha value is -3.33. The Bertz CT molecular complexity index is 951. The van der Waals surface area contributed by atoms with Gasteiger partial charge in [0.25, 0.3) is 0 Å². The molecule has 0 bridgehead atoms. The van der Waals surface area contributed by atoms with E-state index in [9.17, 15) is 14.9 Å². The molecule has 2 aromatic carbocycles. The van der Waals surface area contributed by atoms with Crippen molar-refractivity contribution in [2.75, 3.05) is 19.7 Å². The van der Waals surface area contributed by atoms with Gasteiger partial charge in [-0.15, -0.1) is 0 Å². The average Bonchev–Trinajstić information content (AvgIpc) is 3.31. The first-order chi connectivity index (χ1) is 14.0. The molecule has 1 fully saturated rings. The van der Waals surface area contributed by atoms with Crippen LogP contribution in [-0.2, 0) is 9.53 Å². The highest BCUT2D eigenvalue weighted by atomic mass is 16.6. The van der Waals surface area contributed by atoms with Crippen LogP contribution in [0.25, 0.3) is 11.1 Å². The maximum Gasteiger partial charge on any atom is 0.409 e. The van der Waals surface area contributed by atoms with E-state index in [0.717, 1.165) is 11.1 Å². The van der Waals surface area contributed by atoms with Gasteiger partial charge < -0.3 is 14.7 Å². The molecule has 1 N–H and O–H groups in total. The fourth-order valence-corrected chi connectivity index (χ4v) is 4.41. The van der Waals surface area contributed by atoms with E-state index in [1.807, 2.05) is 24.3 Å². The molecule has 2 aliphatic rings. The zero-order chi connectivity index (χ0) is 20.4. The Kier molecular flexibility index (Phi) is 4.98. The van der Waals surface area contributed by atoms with Gasteiger partial charge in [-0.25, -0.2) is 4.79 Å². The van der Waals surface area contributed by atoms with E-state index in [1.54, 1.807) is 0 Å². The van der Waals surface area contributed by atoms with Crippen molar-refractivity contribution in [3.8, 4) is 17.2 Å². The van der Waals surface area contributed by atoms with Crippen molar-refractivity contribution in [2.45, 2.75) is 25.2 Å². The van der Waals surface area contributed by atoms with Gasteiger partial charge in [-0.3, -0.25) is 4.79 Å². The van der Waals surface area contributed by atoms with Crippen LogP contribution >= 0.6 is 0 Å². The highest BCUT2D eigenvalue weighted by molar-refractivity contribution is 5.79. The van der Waals surface area contributed by atoms with Crippen LogP contribution in [-0.4, -0.2) is 41.8 Å². The molecule has 0 aromatic heterocycles. The number of fused-ring (bicyclic) bond motifs is 3. The van der Waals surface area contributed by atoms with Crippen molar-refractivity contribution in [3.05, 3.63) is 59.7 Å². The van der Waals surface area contributed by atoms with E-state index >= 15 is 0 Å². The van der Waals surface area contributed by atoms with Crippen LogP contribution < -0.4 is 0 Å². The lowest BCUT2D eigenvalue weighted by atomic mass is 9.84. The maximum atomic E-state index is 12.6. The second kappa shape index (κ2) is 7.59. The summed E-state index contributed by atoms with van der Waals surface area (Å²) in [6, 6.07) is 18.5. The standard InChI is InChI=1S/C23H22N2O4/c24-14-23(10-9-21(26)27)11-12-25(15-23)22(28)29-13-20-18-7-3-1-5-16(18)17-6-2-4-8-19(17)20/h1-8,20H,9-13,15H2,(H,26,27). The predicted molar refractivity (Wildman–Crippen MR) is 106 cm³/mol. The van der Waals surface area contributed by atoms with Gasteiger partial charge in [-0.1, -0.05) is 48.5 Å². The van der Waals surface area contributed by atoms with Crippen molar-refractivity contribution in [1.82, 2.24) is 4.90 Å². The summed E-state index contributed by atoms with van der Waals surface area (Å²) in [5.41, 5.74) is 3.83. The first kappa shape index (κ1) is 19.0. The fraction of sp³-hybridized carbons (Fsp3) is 0.348. The molecule has 1 unspecified atom stereocenters. The second-order valence-corrected chi connectivity index (χ2v) is 7.76. The predicted octanol–water partition coefficient (Wildman–Crippen LogP) is 4.02. The summed E-state index contributed by atoms with van der Waals surface area (Å²) in [6.07, 6.45) is 0.193. The third-order valence-corrected chi connectivity index (χ3v) is 6.00. The van der Waals surface area contributed by atoms with E-state index in [0.29, 0.717) is 13.0 Å². The quantitative estimate of drug-likeness (QED) is 0.833. The van der Waals surface area contributed by atoms with Crippen molar-refractivity contribution in [3.63, 3.8) is 0 Å². The fourth-order valence-electron chi connectivity index (χ4n) is 4.41. The minimum absolute atomic E-state index is 0.0123. The summed E-state index contributed by atoms with van der Waals surface area (Å²) in [7, 11) is 0. The number of benzene rings is 2. The first-order valence-electron chi connectivity index (χ1n) is 9.76. The molecule has 1 atom stereocenters. The van der Waals surface area contributed by atoms with Crippen LogP contribution in [0.5, 0.6) is 0 Å². The third-order valence-electron chi connectivity index (χ3n) is 6.00. The lowest BCUT2D eigenvalue weighted by molar-refractivity contribution is -0.137. The van der Waals surface area contributed by atoms with E-state index in [1.165, 1.54) is 16.0 Å². The van der Waals surface area contributed by atoms with Crippen LogP contribution in [0.3, 0.4) is 0 Å². The Morgan fingerprint density at radius 2 is 1.76 bits per heavy atom. The van der Waals surface area contributed by atoms with E-state index in [-0.39, 0.29) is 31.9 Å². The minimum Gasteiger partial charge on any atom is -0.481 e. The molecule has 29 heavy (non-hydrogen) atoms. The van der Waals surface area contributed by atoms with Crippen LogP contribution in [0.15, 0.2) is 48.5 Å².